The maximum atomic E-state index is 11.7. The minimum atomic E-state index is -1.05. The van der Waals surface area contributed by atoms with Crippen molar-refractivity contribution in [3.63, 3.8) is 0 Å². The number of carboxylic acid groups (broad SMARTS) is 1. The number of hydrogen-bond donors (Lipinski definition) is 2. The number of aromatic nitrogens is 4. The second-order valence-corrected chi connectivity index (χ2v) is 5.06. The standard InChI is InChI=1S/C10H11N5O3S/c1-6-2-11-8(19-6)3-12-10(18)7-4-15(14-13-7)5-9(16)17/h2,4H,3,5H2,1H3,(H,12,18)(H,16,17). The Kier molecular flexibility index (Phi) is 3.85. The van der Waals surface area contributed by atoms with Crippen LogP contribution in [-0.4, -0.2) is 37.0 Å². The van der Waals surface area contributed by atoms with Gasteiger partial charge in [-0.25, -0.2) is 9.67 Å². The predicted octanol–water partition coefficient (Wildman–Crippen LogP) is 0.0576. The van der Waals surface area contributed by atoms with E-state index >= 15 is 0 Å². The molecule has 0 saturated carbocycles. The van der Waals surface area contributed by atoms with Gasteiger partial charge in [-0.05, 0) is 6.92 Å². The summed E-state index contributed by atoms with van der Waals surface area (Å²) >= 11 is 1.49. The second kappa shape index (κ2) is 5.57. The summed E-state index contributed by atoms with van der Waals surface area (Å²) in [6.45, 7) is 1.91. The van der Waals surface area contributed by atoms with E-state index < -0.39 is 11.9 Å². The van der Waals surface area contributed by atoms with Gasteiger partial charge in [-0.2, -0.15) is 0 Å². The largest absolute Gasteiger partial charge is 0.480 e. The maximum absolute atomic E-state index is 11.7. The first-order valence-corrected chi connectivity index (χ1v) is 6.17. The lowest BCUT2D eigenvalue weighted by atomic mass is 10.4. The second-order valence-electron chi connectivity index (χ2n) is 3.74. The van der Waals surface area contributed by atoms with Gasteiger partial charge in [0.2, 0.25) is 0 Å². The van der Waals surface area contributed by atoms with Crippen LogP contribution in [0.5, 0.6) is 0 Å². The van der Waals surface area contributed by atoms with Crippen LogP contribution in [0.15, 0.2) is 12.4 Å². The average Bonchev–Trinajstić information content (AvgIpc) is 2.95. The molecule has 9 heteroatoms. The topological polar surface area (TPSA) is 110 Å². The number of carbonyl (C=O) groups is 2. The molecule has 0 fully saturated rings. The molecule has 2 N–H and O–H groups in total. The van der Waals surface area contributed by atoms with Crippen LogP contribution < -0.4 is 5.32 Å². The molecule has 100 valence electrons. The van der Waals surface area contributed by atoms with Crippen molar-refractivity contribution in [2.45, 2.75) is 20.0 Å². The zero-order chi connectivity index (χ0) is 13.8. The minimum Gasteiger partial charge on any atom is -0.480 e. The highest BCUT2D eigenvalue weighted by Gasteiger charge is 2.12. The first kappa shape index (κ1) is 13.1. The minimum absolute atomic E-state index is 0.0783. The fourth-order valence-corrected chi connectivity index (χ4v) is 2.07. The Balaban J connectivity index is 1.92. The summed E-state index contributed by atoms with van der Waals surface area (Å²) in [4.78, 5) is 27.4. The van der Waals surface area contributed by atoms with Gasteiger partial charge < -0.3 is 10.4 Å². The van der Waals surface area contributed by atoms with Gasteiger partial charge in [0, 0.05) is 11.1 Å². The van der Waals surface area contributed by atoms with Crippen LogP contribution in [0.4, 0.5) is 0 Å². The summed E-state index contributed by atoms with van der Waals surface area (Å²) in [5.41, 5.74) is 0.0783. The zero-order valence-electron chi connectivity index (χ0n) is 10.0. The molecule has 0 atom stereocenters. The molecule has 0 aliphatic carbocycles. The fraction of sp³-hybridized carbons (Fsp3) is 0.300. The van der Waals surface area contributed by atoms with Crippen molar-refractivity contribution < 1.29 is 14.7 Å². The van der Waals surface area contributed by atoms with Gasteiger partial charge in [-0.3, -0.25) is 9.59 Å². The van der Waals surface area contributed by atoms with Crippen LogP contribution in [0.1, 0.15) is 20.4 Å². The molecule has 0 unspecified atom stereocenters. The first-order chi connectivity index (χ1) is 9.04. The Morgan fingerprint density at radius 1 is 1.53 bits per heavy atom. The highest BCUT2D eigenvalue weighted by Crippen LogP contribution is 2.10. The lowest BCUT2D eigenvalue weighted by Crippen LogP contribution is -2.23. The molecule has 0 aliphatic heterocycles. The third kappa shape index (κ3) is 3.58. The molecule has 0 radical (unpaired) electrons. The van der Waals surface area contributed by atoms with E-state index in [0.29, 0.717) is 6.54 Å². The van der Waals surface area contributed by atoms with Gasteiger partial charge in [0.1, 0.15) is 11.6 Å². The normalized spacial score (nSPS) is 10.4. The molecule has 2 heterocycles. The molecular weight excluding hydrogens is 270 g/mol. The van der Waals surface area contributed by atoms with Crippen molar-refractivity contribution in [1.29, 1.82) is 0 Å². The van der Waals surface area contributed by atoms with E-state index in [2.05, 4.69) is 20.6 Å². The number of rotatable bonds is 5. The summed E-state index contributed by atoms with van der Waals surface area (Å²) in [6, 6.07) is 0. The van der Waals surface area contributed by atoms with Crippen LogP contribution in [0, 0.1) is 6.92 Å². The molecule has 1 amide bonds. The number of hydrogen-bond acceptors (Lipinski definition) is 6. The van der Waals surface area contributed by atoms with Gasteiger partial charge in [-0.15, -0.1) is 16.4 Å². The van der Waals surface area contributed by atoms with E-state index in [4.69, 9.17) is 5.11 Å². The summed E-state index contributed by atoms with van der Waals surface area (Å²) in [7, 11) is 0. The Hall–Kier alpha value is -2.29. The third-order valence-corrected chi connectivity index (χ3v) is 3.05. The van der Waals surface area contributed by atoms with Crippen molar-refractivity contribution in [3.05, 3.63) is 28.0 Å². The van der Waals surface area contributed by atoms with E-state index in [0.717, 1.165) is 14.6 Å². The van der Waals surface area contributed by atoms with Crippen molar-refractivity contribution in [2.75, 3.05) is 0 Å². The van der Waals surface area contributed by atoms with Gasteiger partial charge >= 0.3 is 5.97 Å². The highest BCUT2D eigenvalue weighted by atomic mass is 32.1. The number of nitrogens with one attached hydrogen (secondary N) is 1. The Morgan fingerprint density at radius 2 is 2.32 bits per heavy atom. The number of amides is 1. The number of aryl methyl sites for hydroxylation is 1. The molecule has 8 nitrogen and oxygen atoms in total. The molecule has 0 aliphatic rings. The van der Waals surface area contributed by atoms with Gasteiger partial charge in [0.15, 0.2) is 5.69 Å². The molecule has 0 spiro atoms. The van der Waals surface area contributed by atoms with Crippen LogP contribution in [0.3, 0.4) is 0 Å². The number of carboxylic acids is 1. The van der Waals surface area contributed by atoms with E-state index in [9.17, 15) is 9.59 Å². The smallest absolute Gasteiger partial charge is 0.325 e. The Labute approximate surface area is 112 Å². The average molecular weight is 281 g/mol. The molecule has 2 aromatic rings. The van der Waals surface area contributed by atoms with Crippen molar-refractivity contribution in [1.82, 2.24) is 25.3 Å². The fourth-order valence-electron chi connectivity index (χ4n) is 1.35. The lowest BCUT2D eigenvalue weighted by Gasteiger charge is -1.98. The van der Waals surface area contributed by atoms with E-state index in [1.165, 1.54) is 17.5 Å². The van der Waals surface area contributed by atoms with Crippen LogP contribution >= 0.6 is 11.3 Å². The predicted molar refractivity (Wildman–Crippen MR) is 65.7 cm³/mol. The van der Waals surface area contributed by atoms with Gasteiger partial charge in [0.05, 0.1) is 12.7 Å². The molecule has 0 bridgehead atoms. The number of nitrogens with zero attached hydrogens (tertiary/aromatic N) is 4. The van der Waals surface area contributed by atoms with Gasteiger partial charge in [0.25, 0.3) is 5.91 Å². The number of thiazole rings is 1. The maximum Gasteiger partial charge on any atom is 0.325 e. The molecule has 0 saturated heterocycles. The SMILES string of the molecule is Cc1cnc(CNC(=O)c2cn(CC(=O)O)nn2)s1. The number of carbonyl (C=O) groups excluding carboxylic acids is 1. The molecule has 2 aromatic heterocycles. The van der Waals surface area contributed by atoms with Crippen LogP contribution in [0.2, 0.25) is 0 Å². The van der Waals surface area contributed by atoms with Crippen LogP contribution in [-0.2, 0) is 17.9 Å². The quantitative estimate of drug-likeness (QED) is 0.801. The van der Waals surface area contributed by atoms with E-state index in [-0.39, 0.29) is 12.2 Å². The van der Waals surface area contributed by atoms with E-state index in [1.807, 2.05) is 6.92 Å². The monoisotopic (exact) mass is 281 g/mol. The Bertz CT molecular complexity index is 606. The molecule has 0 aromatic carbocycles. The van der Waals surface area contributed by atoms with Gasteiger partial charge in [-0.1, -0.05) is 5.21 Å². The van der Waals surface area contributed by atoms with Crippen molar-refractivity contribution in [3.8, 4) is 0 Å². The van der Waals surface area contributed by atoms with Crippen LogP contribution in [0.25, 0.3) is 0 Å². The lowest BCUT2D eigenvalue weighted by molar-refractivity contribution is -0.137. The first-order valence-electron chi connectivity index (χ1n) is 5.36. The van der Waals surface area contributed by atoms with Crippen molar-refractivity contribution >= 4 is 23.2 Å². The van der Waals surface area contributed by atoms with E-state index in [1.54, 1.807) is 6.20 Å². The van der Waals surface area contributed by atoms with Crippen molar-refractivity contribution in [2.24, 2.45) is 0 Å². The third-order valence-electron chi connectivity index (χ3n) is 2.14. The molecule has 2 rings (SSSR count). The number of aliphatic carboxylic acids is 1. The summed E-state index contributed by atoms with van der Waals surface area (Å²) in [6.07, 6.45) is 3.02. The summed E-state index contributed by atoms with van der Waals surface area (Å²) in [5.74, 6) is -1.46. The zero-order valence-corrected chi connectivity index (χ0v) is 10.8. The Morgan fingerprint density at radius 3 is 2.95 bits per heavy atom. The summed E-state index contributed by atoms with van der Waals surface area (Å²) in [5, 5.41) is 19.2. The molecular formula is C10H11N5O3S. The summed E-state index contributed by atoms with van der Waals surface area (Å²) < 4.78 is 1.09. The highest BCUT2D eigenvalue weighted by molar-refractivity contribution is 7.11. The molecule has 19 heavy (non-hydrogen) atoms.